The van der Waals surface area contributed by atoms with E-state index in [1.165, 1.54) is 7.11 Å². The average Bonchev–Trinajstić information content (AvgIpc) is 2.38. The van der Waals surface area contributed by atoms with E-state index in [4.69, 9.17) is 10.5 Å². The molecular formula is C12H13N5O3. The highest BCUT2D eigenvalue weighted by atomic mass is 16.6. The molecule has 0 fully saturated rings. The summed E-state index contributed by atoms with van der Waals surface area (Å²) >= 11 is 0. The molecule has 0 radical (unpaired) electrons. The van der Waals surface area contributed by atoms with E-state index in [-0.39, 0.29) is 17.5 Å². The van der Waals surface area contributed by atoms with Crippen LogP contribution in [0.3, 0.4) is 0 Å². The van der Waals surface area contributed by atoms with E-state index in [0.717, 1.165) is 11.8 Å². The normalized spacial score (nSPS) is 10.1. The Morgan fingerprint density at radius 3 is 2.85 bits per heavy atom. The van der Waals surface area contributed by atoms with Crippen LogP contribution in [0.15, 0.2) is 24.4 Å². The molecule has 0 bridgehead atoms. The Labute approximate surface area is 114 Å². The molecule has 0 aliphatic rings. The SMILES string of the molecule is COc1ccc(C)cc1Nc1nc(N)ncc1[N+](=O)[O-]. The standard InChI is InChI=1S/C12H13N5O3/c1-7-3-4-10(20-2)8(5-7)15-11-9(17(18)19)6-14-12(13)16-11/h3-6H,1-2H3,(H3,13,14,15,16). The van der Waals surface area contributed by atoms with Crippen LogP contribution in [0, 0.1) is 17.0 Å². The molecule has 8 nitrogen and oxygen atoms in total. The van der Waals surface area contributed by atoms with Gasteiger partial charge in [-0.15, -0.1) is 0 Å². The van der Waals surface area contributed by atoms with E-state index < -0.39 is 4.92 Å². The number of aryl methyl sites for hydroxylation is 1. The first-order valence-corrected chi connectivity index (χ1v) is 5.70. The number of nitro groups is 1. The quantitative estimate of drug-likeness (QED) is 0.647. The van der Waals surface area contributed by atoms with Crippen LogP contribution >= 0.6 is 0 Å². The van der Waals surface area contributed by atoms with Crippen LogP contribution in [0.25, 0.3) is 0 Å². The van der Waals surface area contributed by atoms with Crippen molar-refractivity contribution in [2.45, 2.75) is 6.92 Å². The molecule has 0 unspecified atom stereocenters. The molecule has 2 aromatic rings. The van der Waals surface area contributed by atoms with E-state index in [0.29, 0.717) is 11.4 Å². The lowest BCUT2D eigenvalue weighted by atomic mass is 10.2. The minimum absolute atomic E-state index is 0.0198. The fraction of sp³-hybridized carbons (Fsp3) is 0.167. The second-order valence-electron chi connectivity index (χ2n) is 4.05. The van der Waals surface area contributed by atoms with Gasteiger partial charge in [0.2, 0.25) is 11.8 Å². The Morgan fingerprint density at radius 2 is 2.20 bits per heavy atom. The number of hydrogen-bond acceptors (Lipinski definition) is 7. The predicted octanol–water partition coefficient (Wildman–Crippen LogP) is 2.03. The van der Waals surface area contributed by atoms with Gasteiger partial charge in [-0.1, -0.05) is 6.07 Å². The van der Waals surface area contributed by atoms with Gasteiger partial charge in [-0.3, -0.25) is 10.1 Å². The number of hydrogen-bond donors (Lipinski definition) is 2. The molecule has 0 saturated carbocycles. The van der Waals surface area contributed by atoms with Gasteiger partial charge in [-0.25, -0.2) is 4.98 Å². The van der Waals surface area contributed by atoms with Crippen molar-refractivity contribution in [1.29, 1.82) is 0 Å². The van der Waals surface area contributed by atoms with Crippen LogP contribution in [-0.4, -0.2) is 22.0 Å². The third-order valence-corrected chi connectivity index (χ3v) is 2.59. The zero-order valence-electron chi connectivity index (χ0n) is 11.0. The molecule has 20 heavy (non-hydrogen) atoms. The van der Waals surface area contributed by atoms with Crippen LogP contribution in [0.2, 0.25) is 0 Å². The highest BCUT2D eigenvalue weighted by Crippen LogP contribution is 2.31. The number of nitrogen functional groups attached to an aromatic ring is 1. The predicted molar refractivity (Wildman–Crippen MR) is 74.1 cm³/mol. The van der Waals surface area contributed by atoms with Gasteiger partial charge in [0.25, 0.3) is 0 Å². The van der Waals surface area contributed by atoms with Crippen LogP contribution in [-0.2, 0) is 0 Å². The lowest BCUT2D eigenvalue weighted by Crippen LogP contribution is -2.05. The molecule has 104 valence electrons. The second-order valence-corrected chi connectivity index (χ2v) is 4.05. The van der Waals surface area contributed by atoms with Crippen molar-refractivity contribution in [3.05, 3.63) is 40.1 Å². The summed E-state index contributed by atoms with van der Waals surface area (Å²) in [5.74, 6) is 0.512. The smallest absolute Gasteiger partial charge is 0.329 e. The number of aromatic nitrogens is 2. The molecule has 0 spiro atoms. The monoisotopic (exact) mass is 275 g/mol. The summed E-state index contributed by atoms with van der Waals surface area (Å²) in [4.78, 5) is 17.8. The van der Waals surface area contributed by atoms with Crippen molar-refractivity contribution in [2.24, 2.45) is 0 Å². The number of nitrogens with two attached hydrogens (primary N) is 1. The Kier molecular flexibility index (Phi) is 3.65. The molecule has 3 N–H and O–H groups in total. The fourth-order valence-electron chi connectivity index (χ4n) is 1.66. The zero-order valence-corrected chi connectivity index (χ0v) is 11.0. The van der Waals surface area contributed by atoms with Crippen LogP contribution in [0.1, 0.15) is 5.56 Å². The molecule has 0 atom stereocenters. The number of nitrogens with one attached hydrogen (secondary N) is 1. The number of rotatable bonds is 4. The molecule has 2 rings (SSSR count). The van der Waals surface area contributed by atoms with Crippen molar-refractivity contribution < 1.29 is 9.66 Å². The van der Waals surface area contributed by atoms with E-state index >= 15 is 0 Å². The maximum atomic E-state index is 11.0. The summed E-state index contributed by atoms with van der Waals surface area (Å²) in [6.07, 6.45) is 1.06. The van der Waals surface area contributed by atoms with E-state index in [9.17, 15) is 10.1 Å². The lowest BCUT2D eigenvalue weighted by Gasteiger charge is -2.11. The van der Waals surface area contributed by atoms with Gasteiger partial charge >= 0.3 is 5.69 Å². The zero-order chi connectivity index (χ0) is 14.7. The molecule has 0 aliphatic carbocycles. The molecule has 0 saturated heterocycles. The summed E-state index contributed by atoms with van der Waals surface area (Å²) in [6.45, 7) is 1.90. The van der Waals surface area contributed by atoms with Crippen molar-refractivity contribution in [3.63, 3.8) is 0 Å². The summed E-state index contributed by atoms with van der Waals surface area (Å²) in [6, 6.07) is 5.42. The van der Waals surface area contributed by atoms with Crippen molar-refractivity contribution in [2.75, 3.05) is 18.2 Å². The van der Waals surface area contributed by atoms with Gasteiger partial charge < -0.3 is 15.8 Å². The van der Waals surface area contributed by atoms with Crippen molar-refractivity contribution in [1.82, 2.24) is 9.97 Å². The third kappa shape index (κ3) is 2.74. The molecule has 0 amide bonds. The number of ether oxygens (including phenoxy) is 1. The Balaban J connectivity index is 2.46. The molecule has 8 heteroatoms. The summed E-state index contributed by atoms with van der Waals surface area (Å²) < 4.78 is 5.20. The summed E-state index contributed by atoms with van der Waals surface area (Å²) in [5, 5.41) is 13.8. The molecule has 0 aliphatic heterocycles. The first-order valence-electron chi connectivity index (χ1n) is 5.70. The average molecular weight is 275 g/mol. The van der Waals surface area contributed by atoms with Crippen LogP contribution in [0.4, 0.5) is 23.1 Å². The van der Waals surface area contributed by atoms with E-state index in [1.54, 1.807) is 12.1 Å². The highest BCUT2D eigenvalue weighted by Gasteiger charge is 2.18. The largest absolute Gasteiger partial charge is 0.495 e. The van der Waals surface area contributed by atoms with E-state index in [1.807, 2.05) is 13.0 Å². The number of anilines is 3. The maximum Gasteiger partial charge on any atom is 0.329 e. The van der Waals surface area contributed by atoms with Gasteiger partial charge in [0.1, 0.15) is 11.9 Å². The number of nitrogens with zero attached hydrogens (tertiary/aromatic N) is 3. The van der Waals surface area contributed by atoms with E-state index in [2.05, 4.69) is 15.3 Å². The van der Waals surface area contributed by atoms with Crippen LogP contribution < -0.4 is 15.8 Å². The Hall–Kier alpha value is -2.90. The summed E-state index contributed by atoms with van der Waals surface area (Å²) in [7, 11) is 1.51. The van der Waals surface area contributed by atoms with Crippen LogP contribution in [0.5, 0.6) is 5.75 Å². The number of methoxy groups -OCH3 is 1. The van der Waals surface area contributed by atoms with Gasteiger partial charge in [-0.05, 0) is 24.6 Å². The second kappa shape index (κ2) is 5.39. The van der Waals surface area contributed by atoms with Crippen molar-refractivity contribution in [3.8, 4) is 5.75 Å². The third-order valence-electron chi connectivity index (χ3n) is 2.59. The lowest BCUT2D eigenvalue weighted by molar-refractivity contribution is -0.384. The van der Waals surface area contributed by atoms with Gasteiger partial charge in [0.05, 0.1) is 17.7 Å². The molecule has 1 aromatic heterocycles. The van der Waals surface area contributed by atoms with Gasteiger partial charge in [0, 0.05) is 0 Å². The first-order chi connectivity index (χ1) is 9.51. The van der Waals surface area contributed by atoms with Crippen molar-refractivity contribution >= 4 is 23.1 Å². The Morgan fingerprint density at radius 1 is 1.45 bits per heavy atom. The molecule has 1 aromatic carbocycles. The topological polar surface area (TPSA) is 116 Å². The minimum atomic E-state index is -0.579. The number of benzene rings is 1. The van der Waals surface area contributed by atoms with Gasteiger partial charge in [0.15, 0.2) is 0 Å². The molecular weight excluding hydrogens is 262 g/mol. The fourth-order valence-corrected chi connectivity index (χ4v) is 1.66. The first kappa shape index (κ1) is 13.5. The summed E-state index contributed by atoms with van der Waals surface area (Å²) in [5.41, 5.74) is 6.74. The molecule has 1 heterocycles. The van der Waals surface area contributed by atoms with Gasteiger partial charge in [-0.2, -0.15) is 4.98 Å². The highest BCUT2D eigenvalue weighted by molar-refractivity contribution is 5.70. The maximum absolute atomic E-state index is 11.0. The Bertz CT molecular complexity index is 660. The minimum Gasteiger partial charge on any atom is -0.495 e.